The fourth-order valence-electron chi connectivity index (χ4n) is 4.43. The monoisotopic (exact) mass is 412 g/mol. The maximum Gasteiger partial charge on any atom is 0.243 e. The zero-order valence-corrected chi connectivity index (χ0v) is 17.6. The molecule has 1 amide bonds. The van der Waals surface area contributed by atoms with E-state index in [9.17, 15) is 13.2 Å². The van der Waals surface area contributed by atoms with Crippen LogP contribution in [0.5, 0.6) is 0 Å². The van der Waals surface area contributed by atoms with Crippen LogP contribution < -0.4 is 5.32 Å². The van der Waals surface area contributed by atoms with E-state index >= 15 is 0 Å². The lowest BCUT2D eigenvalue weighted by Crippen LogP contribution is -2.46. The molecule has 0 spiro atoms. The second-order valence-electron chi connectivity index (χ2n) is 8.17. The minimum atomic E-state index is -3.57. The average Bonchev–Trinajstić information content (AvgIpc) is 2.74. The Bertz CT molecular complexity index is 985. The number of hydrogen-bond donors (Lipinski definition) is 1. The third kappa shape index (κ3) is 4.23. The molecule has 2 aromatic rings. The van der Waals surface area contributed by atoms with Crippen LogP contribution in [0.25, 0.3) is 0 Å². The molecular formula is C23H28N2O3S. The van der Waals surface area contributed by atoms with Crippen LogP contribution in [0.1, 0.15) is 48.4 Å². The molecule has 6 heteroatoms. The molecule has 2 aliphatic rings. The first kappa shape index (κ1) is 20.1. The molecule has 1 aliphatic carbocycles. The van der Waals surface area contributed by atoms with E-state index in [0.717, 1.165) is 31.2 Å². The Labute approximate surface area is 173 Å². The van der Waals surface area contributed by atoms with E-state index in [2.05, 4.69) is 17.4 Å². The van der Waals surface area contributed by atoms with E-state index in [1.165, 1.54) is 15.4 Å². The van der Waals surface area contributed by atoms with Gasteiger partial charge in [0, 0.05) is 13.1 Å². The first-order valence-electron chi connectivity index (χ1n) is 10.4. The smallest absolute Gasteiger partial charge is 0.243 e. The summed E-state index contributed by atoms with van der Waals surface area (Å²) in [6, 6.07) is 15.2. The van der Waals surface area contributed by atoms with Gasteiger partial charge in [0.1, 0.15) is 0 Å². The fraction of sp³-hybridized carbons (Fsp3) is 0.435. The maximum absolute atomic E-state index is 13.0. The van der Waals surface area contributed by atoms with Crippen molar-refractivity contribution in [1.29, 1.82) is 0 Å². The zero-order valence-electron chi connectivity index (χ0n) is 16.8. The minimum absolute atomic E-state index is 0.0246. The molecule has 0 unspecified atom stereocenters. The molecule has 0 radical (unpaired) electrons. The van der Waals surface area contributed by atoms with Crippen LogP contribution in [0.4, 0.5) is 0 Å². The molecule has 1 heterocycles. The van der Waals surface area contributed by atoms with Crippen molar-refractivity contribution in [2.24, 2.45) is 5.92 Å². The number of amides is 1. The summed E-state index contributed by atoms with van der Waals surface area (Å²) in [6.07, 6.45) is 4.46. The summed E-state index contributed by atoms with van der Waals surface area (Å²) in [5, 5.41) is 3.20. The Morgan fingerprint density at radius 2 is 1.79 bits per heavy atom. The zero-order chi connectivity index (χ0) is 20.4. The number of piperidine rings is 1. The summed E-state index contributed by atoms with van der Waals surface area (Å²) < 4.78 is 27.5. The second-order valence-corrected chi connectivity index (χ2v) is 10.1. The first-order valence-corrected chi connectivity index (χ1v) is 11.8. The molecule has 154 valence electrons. The van der Waals surface area contributed by atoms with Gasteiger partial charge in [0.2, 0.25) is 15.9 Å². The number of rotatable bonds is 4. The van der Waals surface area contributed by atoms with Crippen LogP contribution in [0, 0.1) is 12.8 Å². The molecule has 5 nitrogen and oxygen atoms in total. The number of sulfonamides is 1. The van der Waals surface area contributed by atoms with Gasteiger partial charge in [-0.3, -0.25) is 4.79 Å². The van der Waals surface area contributed by atoms with Gasteiger partial charge in [-0.05, 0) is 62.3 Å². The Balaban J connectivity index is 1.46. The van der Waals surface area contributed by atoms with Crippen LogP contribution >= 0.6 is 0 Å². The van der Waals surface area contributed by atoms with Gasteiger partial charge in [0.25, 0.3) is 0 Å². The van der Waals surface area contributed by atoms with E-state index in [-0.39, 0.29) is 24.4 Å². The minimum Gasteiger partial charge on any atom is -0.349 e. The van der Waals surface area contributed by atoms with E-state index in [1.54, 1.807) is 12.1 Å². The van der Waals surface area contributed by atoms with E-state index in [4.69, 9.17) is 0 Å². The maximum atomic E-state index is 13.0. The van der Waals surface area contributed by atoms with Crippen molar-refractivity contribution < 1.29 is 13.2 Å². The Kier molecular flexibility index (Phi) is 5.74. The molecule has 2 atom stereocenters. The van der Waals surface area contributed by atoms with Gasteiger partial charge in [-0.2, -0.15) is 4.31 Å². The number of fused-ring (bicyclic) bond motifs is 1. The topological polar surface area (TPSA) is 66.5 Å². The average molecular weight is 413 g/mol. The summed E-state index contributed by atoms with van der Waals surface area (Å²) in [4.78, 5) is 13.3. The quantitative estimate of drug-likeness (QED) is 0.835. The summed E-state index contributed by atoms with van der Waals surface area (Å²) in [5.74, 6) is -0.339. The standard InChI is InChI=1S/C23H28N2O3S/c1-17-11-13-20(14-12-17)29(27,28)25-15-5-8-19(16-25)23(26)24-22-10-4-7-18-6-2-3-9-21(18)22/h2-3,6,9,11-14,19,22H,4-5,7-8,10,15-16H2,1H3,(H,24,26)/t19-,22+/m0/s1. The molecule has 29 heavy (non-hydrogen) atoms. The summed E-state index contributed by atoms with van der Waals surface area (Å²) in [5.41, 5.74) is 3.52. The second kappa shape index (κ2) is 8.28. The third-order valence-corrected chi connectivity index (χ3v) is 7.98. The largest absolute Gasteiger partial charge is 0.349 e. The molecule has 2 aromatic carbocycles. The normalized spacial score (nSPS) is 22.7. The Morgan fingerprint density at radius 1 is 1.03 bits per heavy atom. The summed E-state index contributed by atoms with van der Waals surface area (Å²) >= 11 is 0. The highest BCUT2D eigenvalue weighted by atomic mass is 32.2. The number of aryl methyl sites for hydroxylation is 2. The number of carbonyl (C=O) groups excluding carboxylic acids is 1. The van der Waals surface area contributed by atoms with E-state index < -0.39 is 10.0 Å². The third-order valence-electron chi connectivity index (χ3n) is 6.10. The van der Waals surface area contributed by atoms with Crippen molar-refractivity contribution in [1.82, 2.24) is 9.62 Å². The molecule has 0 bridgehead atoms. The predicted molar refractivity (Wildman–Crippen MR) is 113 cm³/mol. The molecular weight excluding hydrogens is 384 g/mol. The first-order chi connectivity index (χ1) is 13.9. The van der Waals surface area contributed by atoms with Gasteiger partial charge in [-0.25, -0.2) is 8.42 Å². The van der Waals surface area contributed by atoms with Crippen molar-refractivity contribution in [3.63, 3.8) is 0 Å². The van der Waals surface area contributed by atoms with Crippen LogP contribution in [0.15, 0.2) is 53.4 Å². The summed E-state index contributed by atoms with van der Waals surface area (Å²) in [7, 11) is -3.57. The molecule has 0 aromatic heterocycles. The van der Waals surface area contributed by atoms with Crippen LogP contribution in [0.2, 0.25) is 0 Å². The van der Waals surface area contributed by atoms with Crippen molar-refractivity contribution in [3.8, 4) is 0 Å². The van der Waals surface area contributed by atoms with E-state index in [0.29, 0.717) is 17.9 Å². The Morgan fingerprint density at radius 3 is 2.59 bits per heavy atom. The van der Waals surface area contributed by atoms with Gasteiger partial charge in [-0.15, -0.1) is 0 Å². The highest BCUT2D eigenvalue weighted by Gasteiger charge is 2.34. The molecule has 4 rings (SSSR count). The van der Waals surface area contributed by atoms with Crippen molar-refractivity contribution >= 4 is 15.9 Å². The predicted octanol–water partition coefficient (Wildman–Crippen LogP) is 3.59. The van der Waals surface area contributed by atoms with Crippen molar-refractivity contribution in [3.05, 3.63) is 65.2 Å². The van der Waals surface area contributed by atoms with Gasteiger partial charge in [0.15, 0.2) is 0 Å². The van der Waals surface area contributed by atoms with E-state index in [1.807, 2.05) is 31.2 Å². The summed E-state index contributed by atoms with van der Waals surface area (Å²) in [6.45, 7) is 2.64. The molecule has 1 saturated heterocycles. The highest BCUT2D eigenvalue weighted by Crippen LogP contribution is 2.31. The fourth-order valence-corrected chi connectivity index (χ4v) is 5.95. The van der Waals surface area contributed by atoms with Crippen LogP contribution in [-0.2, 0) is 21.2 Å². The molecule has 0 saturated carbocycles. The van der Waals surface area contributed by atoms with Crippen molar-refractivity contribution in [2.75, 3.05) is 13.1 Å². The number of nitrogens with zero attached hydrogens (tertiary/aromatic N) is 1. The lowest BCUT2D eigenvalue weighted by molar-refractivity contribution is -0.127. The van der Waals surface area contributed by atoms with Crippen LogP contribution in [-0.4, -0.2) is 31.7 Å². The number of hydrogen-bond acceptors (Lipinski definition) is 3. The van der Waals surface area contributed by atoms with Crippen LogP contribution in [0.3, 0.4) is 0 Å². The number of benzene rings is 2. The van der Waals surface area contributed by atoms with Gasteiger partial charge in [-0.1, -0.05) is 42.0 Å². The lowest BCUT2D eigenvalue weighted by Gasteiger charge is -2.33. The molecule has 1 N–H and O–H groups in total. The Hall–Kier alpha value is -2.18. The van der Waals surface area contributed by atoms with Gasteiger partial charge < -0.3 is 5.32 Å². The van der Waals surface area contributed by atoms with Crippen molar-refractivity contribution in [2.45, 2.75) is 50.0 Å². The molecule has 1 aliphatic heterocycles. The van der Waals surface area contributed by atoms with Gasteiger partial charge in [0.05, 0.1) is 16.9 Å². The van der Waals surface area contributed by atoms with Gasteiger partial charge >= 0.3 is 0 Å². The highest BCUT2D eigenvalue weighted by molar-refractivity contribution is 7.89. The molecule has 1 fully saturated rings. The lowest BCUT2D eigenvalue weighted by atomic mass is 9.87. The number of nitrogens with one attached hydrogen (secondary N) is 1. The number of carbonyl (C=O) groups is 1. The SMILES string of the molecule is Cc1ccc(S(=O)(=O)N2CCC[C@H](C(=O)N[C@@H]3CCCc4ccccc43)C2)cc1.